The fourth-order valence-electron chi connectivity index (χ4n) is 1.58. The van der Waals surface area contributed by atoms with Crippen molar-refractivity contribution in [3.05, 3.63) is 24.3 Å². The molecule has 0 aliphatic rings. The van der Waals surface area contributed by atoms with E-state index in [0.29, 0.717) is 24.5 Å². The molecule has 0 radical (unpaired) electrons. The molecule has 1 rings (SSSR count). The highest BCUT2D eigenvalue weighted by molar-refractivity contribution is 7.91. The summed E-state index contributed by atoms with van der Waals surface area (Å²) in [6.45, 7) is 5.88. The maximum atomic E-state index is 11.8. The zero-order valence-corrected chi connectivity index (χ0v) is 11.8. The molecule has 1 aromatic rings. The normalized spacial score (nSPS) is 11.4. The van der Waals surface area contributed by atoms with Gasteiger partial charge in [0.15, 0.2) is 9.84 Å². The van der Waals surface area contributed by atoms with Gasteiger partial charge in [-0.2, -0.15) is 0 Å². The molecule has 0 aliphatic heterocycles. The summed E-state index contributed by atoms with van der Waals surface area (Å²) in [5.41, 5.74) is 0.908. The van der Waals surface area contributed by atoms with E-state index in [1.807, 2.05) is 13.8 Å². The summed E-state index contributed by atoms with van der Waals surface area (Å²) in [4.78, 5) is 0.389. The maximum absolute atomic E-state index is 11.8. The van der Waals surface area contributed by atoms with Crippen molar-refractivity contribution in [3.63, 3.8) is 0 Å². The highest BCUT2D eigenvalue weighted by atomic mass is 32.2. The lowest BCUT2D eigenvalue weighted by atomic mass is 10.3. The van der Waals surface area contributed by atoms with Gasteiger partial charge in [-0.05, 0) is 37.6 Å². The Balaban J connectivity index is 2.57. The molecule has 1 N–H and O–H groups in total. The molecule has 0 unspecified atom stereocenters. The van der Waals surface area contributed by atoms with Crippen LogP contribution < -0.4 is 5.32 Å². The number of benzene rings is 1. The topological polar surface area (TPSA) is 55.4 Å². The van der Waals surface area contributed by atoms with Gasteiger partial charge in [-0.1, -0.05) is 6.92 Å². The molecule has 5 heteroatoms. The third-order valence-corrected chi connectivity index (χ3v) is 4.40. The Hall–Kier alpha value is -1.07. The summed E-state index contributed by atoms with van der Waals surface area (Å²) in [6, 6.07) is 6.87. The van der Waals surface area contributed by atoms with Gasteiger partial charge >= 0.3 is 0 Å². The lowest BCUT2D eigenvalue weighted by Crippen LogP contribution is -2.09. The van der Waals surface area contributed by atoms with Crippen LogP contribution in [0.2, 0.25) is 0 Å². The fourth-order valence-corrected chi connectivity index (χ4v) is 2.90. The third kappa shape index (κ3) is 4.66. The Kier molecular flexibility index (Phi) is 6.15. The van der Waals surface area contributed by atoms with Gasteiger partial charge in [-0.3, -0.25) is 0 Å². The predicted octanol–water partition coefficient (Wildman–Crippen LogP) is 2.32. The van der Waals surface area contributed by atoms with E-state index in [0.717, 1.165) is 12.2 Å². The Bertz CT molecular complexity index is 440. The van der Waals surface area contributed by atoms with Crippen molar-refractivity contribution in [3.8, 4) is 0 Å². The van der Waals surface area contributed by atoms with Crippen molar-refractivity contribution in [2.75, 3.05) is 30.8 Å². The Labute approximate surface area is 109 Å². The summed E-state index contributed by atoms with van der Waals surface area (Å²) in [5.74, 6) is 0.199. The van der Waals surface area contributed by atoms with Crippen LogP contribution in [0.5, 0.6) is 0 Å². The first-order valence-corrected chi connectivity index (χ1v) is 7.89. The Morgan fingerprint density at radius 1 is 1.17 bits per heavy atom. The number of hydrogen-bond acceptors (Lipinski definition) is 4. The lowest BCUT2D eigenvalue weighted by Gasteiger charge is -2.08. The second-order valence-electron chi connectivity index (χ2n) is 3.97. The molecule has 0 atom stereocenters. The molecule has 0 aromatic heterocycles. The van der Waals surface area contributed by atoms with Crippen molar-refractivity contribution in [1.29, 1.82) is 0 Å². The Morgan fingerprint density at radius 3 is 2.39 bits per heavy atom. The van der Waals surface area contributed by atoms with Gasteiger partial charge in [-0.25, -0.2) is 8.42 Å². The van der Waals surface area contributed by atoms with Crippen LogP contribution in [0.25, 0.3) is 0 Å². The second kappa shape index (κ2) is 7.38. The van der Waals surface area contributed by atoms with Crippen LogP contribution in [0.3, 0.4) is 0 Å². The quantitative estimate of drug-likeness (QED) is 0.737. The van der Waals surface area contributed by atoms with Gasteiger partial charge in [0.1, 0.15) is 0 Å². The Morgan fingerprint density at radius 2 is 1.83 bits per heavy atom. The molecule has 18 heavy (non-hydrogen) atoms. The van der Waals surface area contributed by atoms with Crippen LogP contribution in [0, 0.1) is 0 Å². The van der Waals surface area contributed by atoms with E-state index in [4.69, 9.17) is 4.74 Å². The van der Waals surface area contributed by atoms with Gasteiger partial charge in [0.25, 0.3) is 0 Å². The summed E-state index contributed by atoms with van der Waals surface area (Å²) in [6.07, 6.45) is 0.636. The highest BCUT2D eigenvalue weighted by Crippen LogP contribution is 2.15. The van der Waals surface area contributed by atoms with Gasteiger partial charge in [0.05, 0.1) is 17.3 Å². The molecule has 0 bridgehead atoms. The minimum Gasteiger partial charge on any atom is -0.383 e. The van der Waals surface area contributed by atoms with E-state index in [-0.39, 0.29) is 5.75 Å². The summed E-state index contributed by atoms with van der Waals surface area (Å²) in [7, 11) is -3.11. The zero-order valence-electron chi connectivity index (χ0n) is 11.0. The van der Waals surface area contributed by atoms with E-state index < -0.39 is 9.84 Å². The van der Waals surface area contributed by atoms with Crippen LogP contribution in [0.4, 0.5) is 5.69 Å². The first-order valence-electron chi connectivity index (χ1n) is 6.24. The summed E-state index contributed by atoms with van der Waals surface area (Å²) < 4.78 is 28.8. The SMILES string of the molecule is CCCS(=O)(=O)c1ccc(NCCOCC)cc1. The van der Waals surface area contributed by atoms with Crippen LogP contribution in [0.1, 0.15) is 20.3 Å². The molecule has 1 aromatic carbocycles. The van der Waals surface area contributed by atoms with Crippen LogP contribution in [0.15, 0.2) is 29.2 Å². The van der Waals surface area contributed by atoms with Gasteiger partial charge in [0, 0.05) is 18.8 Å². The molecule has 0 heterocycles. The smallest absolute Gasteiger partial charge is 0.178 e. The minimum atomic E-state index is -3.11. The van der Waals surface area contributed by atoms with Crippen LogP contribution in [-0.4, -0.2) is 33.9 Å². The van der Waals surface area contributed by atoms with Crippen molar-refractivity contribution >= 4 is 15.5 Å². The molecule has 4 nitrogen and oxygen atoms in total. The van der Waals surface area contributed by atoms with E-state index in [1.54, 1.807) is 24.3 Å². The minimum absolute atomic E-state index is 0.199. The number of sulfone groups is 1. The van der Waals surface area contributed by atoms with Gasteiger partial charge < -0.3 is 10.1 Å². The first kappa shape index (κ1) is 15.0. The number of rotatable bonds is 8. The molecule has 0 saturated carbocycles. The number of anilines is 1. The maximum Gasteiger partial charge on any atom is 0.178 e. The van der Waals surface area contributed by atoms with E-state index in [2.05, 4.69) is 5.32 Å². The molecule has 0 amide bonds. The fraction of sp³-hybridized carbons (Fsp3) is 0.538. The number of hydrogen-bond donors (Lipinski definition) is 1. The van der Waals surface area contributed by atoms with Crippen molar-refractivity contribution in [2.24, 2.45) is 0 Å². The van der Waals surface area contributed by atoms with Gasteiger partial charge in [-0.15, -0.1) is 0 Å². The lowest BCUT2D eigenvalue weighted by molar-refractivity contribution is 0.158. The van der Waals surface area contributed by atoms with Crippen molar-refractivity contribution in [1.82, 2.24) is 0 Å². The van der Waals surface area contributed by atoms with Crippen LogP contribution >= 0.6 is 0 Å². The largest absolute Gasteiger partial charge is 0.383 e. The van der Waals surface area contributed by atoms with E-state index in [9.17, 15) is 8.42 Å². The summed E-state index contributed by atoms with van der Waals surface area (Å²) >= 11 is 0. The zero-order chi connectivity index (χ0) is 13.4. The second-order valence-corrected chi connectivity index (χ2v) is 6.08. The van der Waals surface area contributed by atoms with E-state index >= 15 is 0 Å². The molecule has 0 saturated heterocycles. The monoisotopic (exact) mass is 271 g/mol. The molecular formula is C13H21NO3S. The average molecular weight is 271 g/mol. The van der Waals surface area contributed by atoms with Crippen LogP contribution in [-0.2, 0) is 14.6 Å². The molecule has 0 spiro atoms. The van der Waals surface area contributed by atoms with E-state index in [1.165, 1.54) is 0 Å². The van der Waals surface area contributed by atoms with Crippen molar-refractivity contribution in [2.45, 2.75) is 25.2 Å². The number of nitrogens with one attached hydrogen (secondary N) is 1. The number of ether oxygens (including phenoxy) is 1. The first-order chi connectivity index (χ1) is 8.60. The predicted molar refractivity (Wildman–Crippen MR) is 73.8 cm³/mol. The molecule has 0 fully saturated rings. The van der Waals surface area contributed by atoms with Gasteiger partial charge in [0.2, 0.25) is 0 Å². The molecule has 0 aliphatic carbocycles. The summed E-state index contributed by atoms with van der Waals surface area (Å²) in [5, 5.41) is 3.17. The standard InChI is InChI=1S/C13H21NO3S/c1-3-11-18(15,16)13-7-5-12(6-8-13)14-9-10-17-4-2/h5-8,14H,3-4,9-11H2,1-2H3. The third-order valence-electron chi connectivity index (χ3n) is 2.47. The van der Waals surface area contributed by atoms with Crippen molar-refractivity contribution < 1.29 is 13.2 Å². The average Bonchev–Trinajstić information content (AvgIpc) is 2.35. The molecular weight excluding hydrogens is 250 g/mol. The highest BCUT2D eigenvalue weighted by Gasteiger charge is 2.12. The molecule has 102 valence electrons.